The second kappa shape index (κ2) is 8.52. The number of likely N-dealkylation sites (tertiary alicyclic amines) is 1. The maximum Gasteiger partial charge on any atom is 0.573 e. The topological polar surface area (TPSA) is 90.0 Å². The van der Waals surface area contributed by atoms with E-state index in [1.807, 2.05) is 0 Å². The van der Waals surface area contributed by atoms with Crippen LogP contribution in [-0.2, 0) is 4.74 Å². The number of piperidine rings is 1. The van der Waals surface area contributed by atoms with Gasteiger partial charge in [0.2, 0.25) is 0 Å². The van der Waals surface area contributed by atoms with Crippen LogP contribution >= 0.6 is 0 Å². The zero-order valence-electron chi connectivity index (χ0n) is 18.3. The summed E-state index contributed by atoms with van der Waals surface area (Å²) < 4.78 is 75.4. The van der Waals surface area contributed by atoms with Crippen molar-refractivity contribution in [3.8, 4) is 5.75 Å². The Bertz CT molecular complexity index is 1270. The quantitative estimate of drug-likeness (QED) is 0.659. The fraction of sp³-hybridized carbons (Fsp3) is 0.435. The van der Waals surface area contributed by atoms with Crippen LogP contribution in [0.3, 0.4) is 0 Å². The summed E-state index contributed by atoms with van der Waals surface area (Å²) in [4.78, 5) is 23.3. The Morgan fingerprint density at radius 2 is 1.97 bits per heavy atom. The molecule has 0 radical (unpaired) electrons. The fourth-order valence-corrected chi connectivity index (χ4v) is 4.78. The smallest absolute Gasteiger partial charge is 0.406 e. The molecule has 3 aliphatic rings. The molecule has 3 aliphatic heterocycles. The SMILES string of the molecule is NC1N=c2cnc(C(=O)N3CCC(F)(F)C[C@H]3c3ccc(OC(F)(F)F)cc3)cc2=C2COCC21. The van der Waals surface area contributed by atoms with Gasteiger partial charge >= 0.3 is 6.36 Å². The molecule has 35 heavy (non-hydrogen) atoms. The molecule has 5 rings (SSSR count). The highest BCUT2D eigenvalue weighted by Gasteiger charge is 2.43. The molecular weight excluding hydrogens is 475 g/mol. The van der Waals surface area contributed by atoms with Crippen molar-refractivity contribution in [3.05, 3.63) is 58.4 Å². The van der Waals surface area contributed by atoms with Crippen molar-refractivity contribution in [1.82, 2.24) is 9.88 Å². The zero-order chi connectivity index (χ0) is 25.0. The molecule has 0 bridgehead atoms. The molecule has 2 N–H and O–H groups in total. The van der Waals surface area contributed by atoms with Crippen LogP contribution in [0.5, 0.6) is 5.75 Å². The maximum absolute atomic E-state index is 14.3. The number of ether oxygens (including phenoxy) is 2. The number of rotatable bonds is 3. The van der Waals surface area contributed by atoms with Gasteiger partial charge in [-0.15, -0.1) is 13.2 Å². The predicted molar refractivity (Wildman–Crippen MR) is 112 cm³/mol. The van der Waals surface area contributed by atoms with Gasteiger partial charge in [-0.25, -0.2) is 13.8 Å². The first-order valence-corrected chi connectivity index (χ1v) is 11.0. The number of carbonyl (C=O) groups excluding carboxylic acids is 1. The summed E-state index contributed by atoms with van der Waals surface area (Å²) in [6, 6.07) is 5.11. The highest BCUT2D eigenvalue weighted by Crippen LogP contribution is 2.41. The summed E-state index contributed by atoms with van der Waals surface area (Å²) in [5, 5.41) is 1.23. The van der Waals surface area contributed by atoms with E-state index < -0.39 is 49.0 Å². The molecule has 186 valence electrons. The summed E-state index contributed by atoms with van der Waals surface area (Å²) in [7, 11) is 0. The van der Waals surface area contributed by atoms with Crippen LogP contribution in [-0.4, -0.2) is 54.0 Å². The van der Waals surface area contributed by atoms with Crippen LogP contribution < -0.4 is 21.0 Å². The van der Waals surface area contributed by atoms with Crippen LogP contribution in [0.25, 0.3) is 5.57 Å². The molecule has 0 aliphatic carbocycles. The van der Waals surface area contributed by atoms with E-state index in [1.54, 1.807) is 6.07 Å². The van der Waals surface area contributed by atoms with E-state index >= 15 is 0 Å². The first-order valence-electron chi connectivity index (χ1n) is 11.0. The highest BCUT2D eigenvalue weighted by molar-refractivity contribution is 5.92. The van der Waals surface area contributed by atoms with Crippen molar-refractivity contribution < 1.29 is 36.2 Å². The first kappa shape index (κ1) is 23.6. The summed E-state index contributed by atoms with van der Waals surface area (Å²) >= 11 is 0. The third-order valence-electron chi connectivity index (χ3n) is 6.50. The lowest BCUT2D eigenvalue weighted by Gasteiger charge is -2.39. The maximum atomic E-state index is 14.3. The van der Waals surface area contributed by atoms with Crippen molar-refractivity contribution in [2.75, 3.05) is 19.8 Å². The van der Waals surface area contributed by atoms with Gasteiger partial charge in [0.1, 0.15) is 17.6 Å². The average Bonchev–Trinajstić information content (AvgIpc) is 3.29. The second-order valence-corrected chi connectivity index (χ2v) is 8.79. The minimum Gasteiger partial charge on any atom is -0.406 e. The van der Waals surface area contributed by atoms with E-state index in [9.17, 15) is 26.7 Å². The van der Waals surface area contributed by atoms with Gasteiger partial charge in [-0.05, 0) is 29.3 Å². The van der Waals surface area contributed by atoms with Crippen molar-refractivity contribution in [2.24, 2.45) is 16.6 Å². The molecule has 0 saturated carbocycles. The lowest BCUT2D eigenvalue weighted by molar-refractivity contribution is -0.274. The molecule has 4 heterocycles. The number of halogens is 5. The molecule has 7 nitrogen and oxygen atoms in total. The Balaban J connectivity index is 1.48. The van der Waals surface area contributed by atoms with Gasteiger partial charge in [-0.3, -0.25) is 9.79 Å². The number of carbonyl (C=O) groups is 1. The first-order chi connectivity index (χ1) is 16.5. The van der Waals surface area contributed by atoms with Crippen molar-refractivity contribution in [3.63, 3.8) is 0 Å². The highest BCUT2D eigenvalue weighted by atomic mass is 19.4. The van der Waals surface area contributed by atoms with Gasteiger partial charge in [-0.1, -0.05) is 12.1 Å². The number of pyridine rings is 1. The normalized spacial score (nSPS) is 25.5. The Morgan fingerprint density at radius 3 is 2.69 bits per heavy atom. The lowest BCUT2D eigenvalue weighted by atomic mass is 9.92. The molecule has 2 aromatic rings. The minimum absolute atomic E-state index is 0.0554. The van der Waals surface area contributed by atoms with Crippen molar-refractivity contribution in [1.29, 1.82) is 0 Å². The molecular formula is C23H21F5N4O3. The molecule has 2 fully saturated rings. The third-order valence-corrected chi connectivity index (χ3v) is 6.50. The molecule has 3 atom stereocenters. The molecule has 1 aromatic heterocycles. The summed E-state index contributed by atoms with van der Waals surface area (Å²) in [6.07, 6.45) is -5.12. The van der Waals surface area contributed by atoms with Gasteiger partial charge in [-0.2, -0.15) is 0 Å². The van der Waals surface area contributed by atoms with E-state index in [2.05, 4.69) is 14.7 Å². The van der Waals surface area contributed by atoms with E-state index in [1.165, 1.54) is 23.2 Å². The molecule has 1 amide bonds. The lowest BCUT2D eigenvalue weighted by Crippen LogP contribution is -2.47. The Kier molecular flexibility index (Phi) is 5.75. The van der Waals surface area contributed by atoms with Gasteiger partial charge < -0.3 is 20.1 Å². The monoisotopic (exact) mass is 496 g/mol. The van der Waals surface area contributed by atoms with Crippen LogP contribution in [0.15, 0.2) is 41.5 Å². The summed E-state index contributed by atoms with van der Waals surface area (Å²) in [5.41, 5.74) is 7.33. The number of nitrogens with two attached hydrogens (primary N) is 1. The number of hydrogen-bond donors (Lipinski definition) is 1. The fourth-order valence-electron chi connectivity index (χ4n) is 4.78. The second-order valence-electron chi connectivity index (χ2n) is 8.79. The number of fused-ring (bicyclic) bond motifs is 2. The van der Waals surface area contributed by atoms with Crippen molar-refractivity contribution >= 4 is 11.5 Å². The number of nitrogens with zero attached hydrogens (tertiary/aromatic N) is 3. The Morgan fingerprint density at radius 1 is 1.23 bits per heavy atom. The van der Waals surface area contributed by atoms with Gasteiger partial charge in [0.25, 0.3) is 11.8 Å². The standard InChI is InChI=1S/C23H21F5N4O3/c24-22(25)5-6-32(19(8-22)12-1-3-13(4-2-12)35-23(26,27)28)21(33)17-7-14-15-10-34-11-16(15)20(29)31-18(14)9-30-17/h1-4,7,9,16,19-20H,5-6,8,10-11,29H2/t16?,19-,20?/m0/s1. The number of alkyl halides is 5. The average molecular weight is 496 g/mol. The largest absolute Gasteiger partial charge is 0.573 e. The van der Waals surface area contributed by atoms with Crippen LogP contribution in [0, 0.1) is 5.92 Å². The van der Waals surface area contributed by atoms with E-state index in [0.717, 1.165) is 17.7 Å². The summed E-state index contributed by atoms with van der Waals surface area (Å²) in [6.45, 7) is 0.527. The Hall–Kier alpha value is -3.12. The van der Waals surface area contributed by atoms with Gasteiger partial charge in [0.05, 0.1) is 30.8 Å². The van der Waals surface area contributed by atoms with Crippen LogP contribution in [0.2, 0.25) is 0 Å². The van der Waals surface area contributed by atoms with Crippen molar-refractivity contribution in [2.45, 2.75) is 37.3 Å². The predicted octanol–water partition coefficient (Wildman–Crippen LogP) is 2.31. The number of benzene rings is 1. The van der Waals surface area contributed by atoms with E-state index in [4.69, 9.17) is 10.5 Å². The number of hydrogen-bond acceptors (Lipinski definition) is 6. The Labute approximate surface area is 196 Å². The van der Waals surface area contributed by atoms with Crippen LogP contribution in [0.1, 0.15) is 34.9 Å². The number of aromatic nitrogens is 1. The molecule has 2 unspecified atom stereocenters. The third kappa shape index (κ3) is 4.72. The number of amides is 1. The zero-order valence-corrected chi connectivity index (χ0v) is 18.3. The van der Waals surface area contributed by atoms with E-state index in [-0.39, 0.29) is 23.7 Å². The van der Waals surface area contributed by atoms with Gasteiger partial charge in [0, 0.05) is 30.5 Å². The molecule has 12 heteroatoms. The molecule has 2 saturated heterocycles. The van der Waals surface area contributed by atoms with Gasteiger partial charge in [0.15, 0.2) is 0 Å². The summed E-state index contributed by atoms with van der Waals surface area (Å²) in [5.74, 6) is -4.18. The van der Waals surface area contributed by atoms with E-state index in [0.29, 0.717) is 23.8 Å². The molecule has 0 spiro atoms. The van der Waals surface area contributed by atoms with Crippen LogP contribution in [0.4, 0.5) is 22.0 Å². The minimum atomic E-state index is -4.88. The molecule has 1 aromatic carbocycles.